The van der Waals surface area contributed by atoms with Crippen molar-refractivity contribution in [1.82, 2.24) is 4.90 Å². The second-order valence-electron chi connectivity index (χ2n) is 6.43. The first kappa shape index (κ1) is 14.9. The number of carbonyl (C=O) groups is 1. The van der Waals surface area contributed by atoms with Crippen LogP contribution < -0.4 is 5.73 Å². The topological polar surface area (TPSA) is 46.3 Å². The highest BCUT2D eigenvalue weighted by atomic mass is 35.5. The summed E-state index contributed by atoms with van der Waals surface area (Å²) in [4.78, 5) is 15.2. The Kier molecular flexibility index (Phi) is 4.23. The van der Waals surface area contributed by atoms with Gasteiger partial charge in [0.2, 0.25) is 5.91 Å². The lowest BCUT2D eigenvalue weighted by atomic mass is 9.77. The van der Waals surface area contributed by atoms with E-state index in [9.17, 15) is 4.79 Å². The summed E-state index contributed by atoms with van der Waals surface area (Å²) in [6.45, 7) is 1.60. The van der Waals surface area contributed by atoms with Crippen LogP contribution in [0.3, 0.4) is 0 Å². The van der Waals surface area contributed by atoms with E-state index in [-0.39, 0.29) is 11.5 Å². The molecule has 1 aliphatic heterocycles. The Morgan fingerprint density at radius 3 is 2.29 bits per heavy atom. The van der Waals surface area contributed by atoms with Gasteiger partial charge in [-0.2, -0.15) is 0 Å². The maximum Gasteiger partial charge on any atom is 0.233 e. The Bertz CT molecular complexity index is 500. The van der Waals surface area contributed by atoms with Crippen molar-refractivity contribution >= 4 is 17.5 Å². The van der Waals surface area contributed by atoms with E-state index < -0.39 is 0 Å². The van der Waals surface area contributed by atoms with Crippen molar-refractivity contribution < 1.29 is 4.79 Å². The number of nitrogens with two attached hydrogens (primary N) is 1. The van der Waals surface area contributed by atoms with Crippen LogP contribution in [0.25, 0.3) is 0 Å². The van der Waals surface area contributed by atoms with Gasteiger partial charge in [0.25, 0.3) is 0 Å². The molecule has 21 heavy (non-hydrogen) atoms. The standard InChI is InChI=1S/C17H23ClN2O/c18-14-5-3-13(4-6-14)17(9-1-2-10-17)16(21)20-11-7-15(19)8-12-20/h3-6,15H,1-2,7-12,19H2. The van der Waals surface area contributed by atoms with Crippen molar-refractivity contribution in [1.29, 1.82) is 0 Å². The first-order valence-electron chi connectivity index (χ1n) is 7.93. The van der Waals surface area contributed by atoms with Crippen LogP contribution in [0, 0.1) is 0 Å². The number of nitrogens with zero attached hydrogens (tertiary/aromatic N) is 1. The zero-order chi connectivity index (χ0) is 14.9. The van der Waals surface area contributed by atoms with Gasteiger partial charge in [-0.1, -0.05) is 36.6 Å². The van der Waals surface area contributed by atoms with E-state index in [0.717, 1.165) is 62.2 Å². The third-order valence-corrected chi connectivity index (χ3v) is 5.34. The summed E-state index contributed by atoms with van der Waals surface area (Å²) in [6.07, 6.45) is 6.00. The fourth-order valence-corrected chi connectivity index (χ4v) is 3.90. The Morgan fingerprint density at radius 2 is 1.71 bits per heavy atom. The van der Waals surface area contributed by atoms with Crippen LogP contribution in [-0.4, -0.2) is 29.9 Å². The number of amides is 1. The van der Waals surface area contributed by atoms with E-state index in [4.69, 9.17) is 17.3 Å². The summed E-state index contributed by atoms with van der Waals surface area (Å²) >= 11 is 6.00. The first-order chi connectivity index (χ1) is 10.1. The maximum atomic E-state index is 13.2. The summed E-state index contributed by atoms with van der Waals surface area (Å²) in [5.74, 6) is 0.300. The maximum absolute atomic E-state index is 13.2. The van der Waals surface area contributed by atoms with Gasteiger partial charge in [0.15, 0.2) is 0 Å². The lowest BCUT2D eigenvalue weighted by molar-refractivity contribution is -0.138. The summed E-state index contributed by atoms with van der Waals surface area (Å²) in [5, 5.41) is 0.725. The molecule has 2 aliphatic rings. The minimum Gasteiger partial charge on any atom is -0.342 e. The SMILES string of the molecule is NC1CCN(C(=O)C2(c3ccc(Cl)cc3)CCCC2)CC1. The van der Waals surface area contributed by atoms with Crippen LogP contribution in [0.4, 0.5) is 0 Å². The molecule has 1 aliphatic carbocycles. The molecule has 0 aromatic heterocycles. The Morgan fingerprint density at radius 1 is 1.14 bits per heavy atom. The molecule has 1 saturated heterocycles. The van der Waals surface area contributed by atoms with Crippen LogP contribution >= 0.6 is 11.6 Å². The van der Waals surface area contributed by atoms with Gasteiger partial charge in [0.05, 0.1) is 5.41 Å². The molecule has 114 valence electrons. The highest BCUT2D eigenvalue weighted by molar-refractivity contribution is 6.30. The molecule has 0 unspecified atom stereocenters. The minimum atomic E-state index is -0.327. The number of rotatable bonds is 2. The number of benzene rings is 1. The number of piperidine rings is 1. The van der Waals surface area contributed by atoms with E-state index in [1.165, 1.54) is 0 Å². The summed E-state index contributed by atoms with van der Waals surface area (Å²) in [6, 6.07) is 8.11. The Labute approximate surface area is 131 Å². The molecule has 2 N–H and O–H groups in total. The monoisotopic (exact) mass is 306 g/mol. The molecular weight excluding hydrogens is 284 g/mol. The van der Waals surface area contributed by atoms with Gasteiger partial charge < -0.3 is 10.6 Å². The van der Waals surface area contributed by atoms with Gasteiger partial charge in [-0.15, -0.1) is 0 Å². The van der Waals surface area contributed by atoms with Crippen molar-refractivity contribution in [3.63, 3.8) is 0 Å². The van der Waals surface area contributed by atoms with Crippen LogP contribution in [-0.2, 0) is 10.2 Å². The molecule has 1 amide bonds. The summed E-state index contributed by atoms with van der Waals surface area (Å²) in [5.41, 5.74) is 6.76. The molecule has 1 aromatic rings. The molecule has 0 spiro atoms. The van der Waals surface area contributed by atoms with Crippen LogP contribution in [0.15, 0.2) is 24.3 Å². The smallest absolute Gasteiger partial charge is 0.233 e. The van der Waals surface area contributed by atoms with Crippen molar-refractivity contribution in [3.8, 4) is 0 Å². The van der Waals surface area contributed by atoms with E-state index >= 15 is 0 Å². The Balaban J connectivity index is 1.86. The zero-order valence-electron chi connectivity index (χ0n) is 12.4. The Hall–Kier alpha value is -1.06. The second kappa shape index (κ2) is 5.98. The molecule has 2 fully saturated rings. The van der Waals surface area contributed by atoms with E-state index in [2.05, 4.69) is 0 Å². The molecular formula is C17H23ClN2O. The number of carbonyl (C=O) groups excluding carboxylic acids is 1. The number of hydrogen-bond acceptors (Lipinski definition) is 2. The van der Waals surface area contributed by atoms with Crippen molar-refractivity contribution in [2.24, 2.45) is 5.73 Å². The molecule has 3 nitrogen and oxygen atoms in total. The number of hydrogen-bond donors (Lipinski definition) is 1. The van der Waals surface area contributed by atoms with E-state index in [1.807, 2.05) is 29.2 Å². The van der Waals surface area contributed by atoms with E-state index in [0.29, 0.717) is 5.91 Å². The fraction of sp³-hybridized carbons (Fsp3) is 0.588. The van der Waals surface area contributed by atoms with E-state index in [1.54, 1.807) is 0 Å². The number of likely N-dealkylation sites (tertiary alicyclic amines) is 1. The van der Waals surface area contributed by atoms with Crippen LogP contribution in [0.2, 0.25) is 5.02 Å². The van der Waals surface area contributed by atoms with Crippen molar-refractivity contribution in [2.45, 2.75) is 50.0 Å². The first-order valence-corrected chi connectivity index (χ1v) is 8.31. The average Bonchev–Trinajstić information content (AvgIpc) is 2.99. The normalized spacial score (nSPS) is 22.5. The molecule has 3 rings (SSSR count). The van der Waals surface area contributed by atoms with Gasteiger partial charge in [0.1, 0.15) is 0 Å². The minimum absolute atomic E-state index is 0.254. The third kappa shape index (κ3) is 2.82. The van der Waals surface area contributed by atoms with Crippen LogP contribution in [0.1, 0.15) is 44.1 Å². The van der Waals surface area contributed by atoms with Gasteiger partial charge in [-0.25, -0.2) is 0 Å². The highest BCUT2D eigenvalue weighted by Crippen LogP contribution is 2.43. The molecule has 1 heterocycles. The molecule has 1 saturated carbocycles. The predicted octanol–water partition coefficient (Wildman–Crippen LogP) is 3.10. The second-order valence-corrected chi connectivity index (χ2v) is 6.86. The lowest BCUT2D eigenvalue weighted by Crippen LogP contribution is -2.50. The molecule has 0 atom stereocenters. The lowest BCUT2D eigenvalue weighted by Gasteiger charge is -2.38. The molecule has 1 aromatic carbocycles. The average molecular weight is 307 g/mol. The van der Waals surface area contributed by atoms with Crippen LogP contribution in [0.5, 0.6) is 0 Å². The zero-order valence-corrected chi connectivity index (χ0v) is 13.1. The third-order valence-electron chi connectivity index (χ3n) is 5.09. The van der Waals surface area contributed by atoms with Gasteiger partial charge in [0, 0.05) is 24.2 Å². The summed E-state index contributed by atoms with van der Waals surface area (Å²) in [7, 11) is 0. The largest absolute Gasteiger partial charge is 0.342 e. The fourth-order valence-electron chi connectivity index (χ4n) is 3.78. The molecule has 4 heteroatoms. The van der Waals surface area contributed by atoms with Gasteiger partial charge in [-0.3, -0.25) is 4.79 Å². The quantitative estimate of drug-likeness (QED) is 0.912. The van der Waals surface area contributed by atoms with Gasteiger partial charge >= 0.3 is 0 Å². The van der Waals surface area contributed by atoms with Gasteiger partial charge in [-0.05, 0) is 43.4 Å². The highest BCUT2D eigenvalue weighted by Gasteiger charge is 2.45. The summed E-state index contributed by atoms with van der Waals surface area (Å²) < 4.78 is 0. The molecule has 0 bridgehead atoms. The number of halogens is 1. The predicted molar refractivity (Wildman–Crippen MR) is 85.4 cm³/mol. The molecule has 0 radical (unpaired) electrons. The van der Waals surface area contributed by atoms with Crippen molar-refractivity contribution in [2.75, 3.05) is 13.1 Å². The van der Waals surface area contributed by atoms with Crippen molar-refractivity contribution in [3.05, 3.63) is 34.9 Å².